The van der Waals surface area contributed by atoms with Crippen LogP contribution in [0, 0.1) is 28.6 Å². The minimum absolute atomic E-state index is 0.0213. The van der Waals surface area contributed by atoms with Crippen LogP contribution in [0.25, 0.3) is 0 Å². The van der Waals surface area contributed by atoms with E-state index in [1.807, 2.05) is 6.92 Å². The van der Waals surface area contributed by atoms with E-state index in [1.54, 1.807) is 6.92 Å². The average Bonchev–Trinajstić information content (AvgIpc) is 3.25. The molecular formula is C34H48F2O7. The Bertz CT molecular complexity index is 1180. The molecule has 0 aromatic heterocycles. The Kier molecular flexibility index (Phi) is 9.75. The third kappa shape index (κ3) is 5.53. The molecular weight excluding hydrogens is 558 g/mol. The Hall–Kier alpha value is -2.42. The van der Waals surface area contributed by atoms with Crippen LogP contribution in [0.15, 0.2) is 23.8 Å². The van der Waals surface area contributed by atoms with Crippen LogP contribution in [-0.2, 0) is 28.7 Å². The number of hydrogen-bond donors (Lipinski definition) is 1. The first-order chi connectivity index (χ1) is 20.2. The van der Waals surface area contributed by atoms with Crippen molar-refractivity contribution in [3.8, 4) is 0 Å². The van der Waals surface area contributed by atoms with Gasteiger partial charge in [0.15, 0.2) is 23.7 Å². The van der Waals surface area contributed by atoms with Crippen molar-refractivity contribution in [2.45, 2.75) is 129 Å². The summed E-state index contributed by atoms with van der Waals surface area (Å²) >= 11 is 0. The van der Waals surface area contributed by atoms with E-state index >= 15 is 8.78 Å². The summed E-state index contributed by atoms with van der Waals surface area (Å²) in [6, 6.07) is 0. The molecule has 0 heterocycles. The number of aliphatic hydroxyl groups is 1. The van der Waals surface area contributed by atoms with Crippen LogP contribution in [0.2, 0.25) is 0 Å². The Morgan fingerprint density at radius 1 is 1.12 bits per heavy atom. The van der Waals surface area contributed by atoms with Gasteiger partial charge in [0.05, 0.1) is 6.10 Å². The zero-order chi connectivity index (χ0) is 31.8. The Morgan fingerprint density at radius 3 is 2.49 bits per heavy atom. The van der Waals surface area contributed by atoms with Gasteiger partial charge in [0.25, 0.3) is 0 Å². The summed E-state index contributed by atoms with van der Waals surface area (Å²) in [6.07, 6.45) is 4.32. The Labute approximate surface area is 253 Å². The largest absolute Gasteiger partial charge is 0.457 e. The van der Waals surface area contributed by atoms with E-state index in [0.717, 1.165) is 25.3 Å². The summed E-state index contributed by atoms with van der Waals surface area (Å²) in [7, 11) is 0. The number of carbonyl (C=O) groups is 4. The predicted octanol–water partition coefficient (Wildman–Crippen LogP) is 6.11. The normalized spacial score (nSPS) is 38.8. The molecule has 0 bridgehead atoms. The lowest BCUT2D eigenvalue weighted by atomic mass is 9.44. The maximum atomic E-state index is 17.5. The quantitative estimate of drug-likeness (QED) is 0.267. The molecule has 0 spiro atoms. The summed E-state index contributed by atoms with van der Waals surface area (Å²) in [6.45, 7) is 8.74. The van der Waals surface area contributed by atoms with Crippen LogP contribution in [0.5, 0.6) is 0 Å². The van der Waals surface area contributed by atoms with E-state index in [1.165, 1.54) is 19.1 Å². The number of Topliss-reactive ketones (excluding diaryl/α,β-unsaturated/α-hetero) is 1. The molecule has 3 saturated carbocycles. The highest BCUT2D eigenvalue weighted by Gasteiger charge is 2.76. The molecule has 9 atom stereocenters. The van der Waals surface area contributed by atoms with Crippen molar-refractivity contribution >= 4 is 23.5 Å². The molecule has 1 N–H and O–H groups in total. The van der Waals surface area contributed by atoms with Crippen LogP contribution in [0.3, 0.4) is 0 Å². The summed E-state index contributed by atoms with van der Waals surface area (Å²) in [5.74, 6) is -3.28. The second kappa shape index (κ2) is 12.5. The van der Waals surface area contributed by atoms with Crippen LogP contribution < -0.4 is 0 Å². The number of allylic oxidation sites excluding steroid dienone is 4. The highest BCUT2D eigenvalue weighted by molar-refractivity contribution is 6.01. The highest BCUT2D eigenvalue weighted by Crippen LogP contribution is 2.70. The number of rotatable bonds is 12. The molecule has 7 nitrogen and oxygen atoms in total. The first kappa shape index (κ1) is 33.5. The number of carbonyl (C=O) groups excluding carboxylic acids is 4. The fourth-order valence-electron chi connectivity index (χ4n) is 8.57. The van der Waals surface area contributed by atoms with E-state index < -0.39 is 76.3 Å². The number of alkyl halides is 2. The van der Waals surface area contributed by atoms with E-state index in [9.17, 15) is 24.3 Å². The van der Waals surface area contributed by atoms with Gasteiger partial charge in [-0.2, -0.15) is 0 Å². The van der Waals surface area contributed by atoms with Gasteiger partial charge in [-0.25, -0.2) is 8.78 Å². The zero-order valence-corrected chi connectivity index (χ0v) is 26.3. The smallest absolute Gasteiger partial charge is 0.306 e. The molecule has 3 fully saturated rings. The van der Waals surface area contributed by atoms with Gasteiger partial charge in [-0.15, -0.1) is 0 Å². The zero-order valence-electron chi connectivity index (χ0n) is 26.3. The van der Waals surface area contributed by atoms with Crippen LogP contribution >= 0.6 is 0 Å². The molecule has 240 valence electrons. The summed E-state index contributed by atoms with van der Waals surface area (Å²) in [5, 5.41) is 11.6. The molecule has 4 rings (SSSR count). The number of unbranched alkanes of at least 4 members (excludes halogenated alkanes) is 1. The fourth-order valence-corrected chi connectivity index (χ4v) is 8.57. The Morgan fingerprint density at radius 2 is 1.81 bits per heavy atom. The second-order valence-electron chi connectivity index (χ2n) is 13.8. The maximum Gasteiger partial charge on any atom is 0.306 e. The summed E-state index contributed by atoms with van der Waals surface area (Å²) in [4.78, 5) is 51.7. The maximum absolute atomic E-state index is 17.5. The van der Waals surface area contributed by atoms with E-state index in [-0.39, 0.29) is 44.1 Å². The second-order valence-corrected chi connectivity index (χ2v) is 13.8. The molecule has 0 aromatic carbocycles. The number of ketones is 2. The number of ether oxygens (including phenoxy) is 2. The monoisotopic (exact) mass is 606 g/mol. The van der Waals surface area contributed by atoms with Crippen molar-refractivity contribution in [2.75, 3.05) is 6.61 Å². The third-order valence-corrected chi connectivity index (χ3v) is 11.4. The molecule has 4 aliphatic carbocycles. The lowest BCUT2D eigenvalue weighted by Gasteiger charge is -2.63. The van der Waals surface area contributed by atoms with Crippen molar-refractivity contribution in [3.05, 3.63) is 23.8 Å². The van der Waals surface area contributed by atoms with Crippen molar-refractivity contribution in [1.82, 2.24) is 0 Å². The van der Waals surface area contributed by atoms with Gasteiger partial charge in [0.1, 0.15) is 6.17 Å². The van der Waals surface area contributed by atoms with Gasteiger partial charge in [0.2, 0.25) is 5.78 Å². The van der Waals surface area contributed by atoms with E-state index in [0.29, 0.717) is 18.8 Å². The lowest BCUT2D eigenvalue weighted by Crippen LogP contribution is -2.70. The van der Waals surface area contributed by atoms with Crippen LogP contribution in [0.1, 0.15) is 105 Å². The van der Waals surface area contributed by atoms with Gasteiger partial charge in [-0.3, -0.25) is 19.2 Å². The minimum Gasteiger partial charge on any atom is -0.457 e. The highest BCUT2D eigenvalue weighted by atomic mass is 19.1. The van der Waals surface area contributed by atoms with E-state index in [2.05, 4.69) is 13.8 Å². The van der Waals surface area contributed by atoms with Gasteiger partial charge >= 0.3 is 11.9 Å². The molecule has 0 amide bonds. The lowest BCUT2D eigenvalue weighted by molar-refractivity contribution is -0.229. The minimum atomic E-state index is -2.31. The summed E-state index contributed by atoms with van der Waals surface area (Å²) < 4.78 is 44.7. The van der Waals surface area contributed by atoms with Crippen molar-refractivity contribution in [2.24, 2.45) is 28.6 Å². The molecule has 4 aliphatic rings. The number of aliphatic hydroxyl groups excluding tert-OH is 1. The number of fused-ring (bicyclic) bond motifs is 5. The van der Waals surface area contributed by atoms with Crippen molar-refractivity contribution < 1.29 is 42.5 Å². The fraction of sp³-hybridized carbons (Fsp3) is 0.765. The standard InChI is InChI=1S/C34H48F2O7/c1-6-8-11-30(41)43-33(28(39)20-42-29(40)12-9-10-21(3)7-2)16-14-23-24-18-26(35)25-17-22(37)13-15-31(25,4)34(24,36)27(38)19-32(23,33)5/h13,15,17,21,23-24,26-27,38H,6-12,14,16,18-20H2,1-5H3. The van der Waals surface area contributed by atoms with Crippen molar-refractivity contribution in [1.29, 1.82) is 0 Å². The SMILES string of the molecule is CCCCC(=O)OC1(C(=O)COC(=O)CCCC(C)CC)CCC2C3CC(F)C4=CC(=O)C=CC4(C)C3(F)C(O)CC21C. The number of esters is 2. The Balaban J connectivity index is 1.64. The molecule has 0 radical (unpaired) electrons. The van der Waals surface area contributed by atoms with Gasteiger partial charge in [-0.05, 0) is 75.0 Å². The first-order valence-electron chi connectivity index (χ1n) is 16.1. The molecule has 9 unspecified atom stereocenters. The average molecular weight is 607 g/mol. The molecule has 0 aromatic rings. The molecule has 43 heavy (non-hydrogen) atoms. The van der Waals surface area contributed by atoms with Gasteiger partial charge in [0, 0.05) is 29.6 Å². The van der Waals surface area contributed by atoms with Gasteiger partial charge in [-0.1, -0.05) is 53.0 Å². The van der Waals surface area contributed by atoms with Gasteiger partial charge < -0.3 is 14.6 Å². The first-order valence-corrected chi connectivity index (χ1v) is 16.1. The van der Waals surface area contributed by atoms with Crippen LogP contribution in [0.4, 0.5) is 8.78 Å². The van der Waals surface area contributed by atoms with E-state index in [4.69, 9.17) is 9.47 Å². The topological polar surface area (TPSA) is 107 Å². The summed E-state index contributed by atoms with van der Waals surface area (Å²) in [5.41, 5.74) is -6.84. The third-order valence-electron chi connectivity index (χ3n) is 11.4. The molecule has 0 aliphatic heterocycles. The molecule has 0 saturated heterocycles. The predicted molar refractivity (Wildman–Crippen MR) is 156 cm³/mol. The number of hydrogen-bond acceptors (Lipinski definition) is 7. The molecule has 9 heteroatoms. The number of halogens is 2. The van der Waals surface area contributed by atoms with Crippen molar-refractivity contribution in [3.63, 3.8) is 0 Å². The van der Waals surface area contributed by atoms with Crippen LogP contribution in [-0.4, -0.2) is 58.8 Å².